The fourth-order valence-corrected chi connectivity index (χ4v) is 2.24. The van der Waals surface area contributed by atoms with Crippen molar-refractivity contribution < 1.29 is 13.7 Å². The van der Waals surface area contributed by atoms with Crippen molar-refractivity contribution in [3.8, 4) is 0 Å². The molecule has 1 unspecified atom stereocenters. The number of benzene rings is 1. The molecule has 1 atom stereocenters. The summed E-state index contributed by atoms with van der Waals surface area (Å²) >= 11 is 0. The third-order valence-corrected chi connectivity index (χ3v) is 4.13. The summed E-state index contributed by atoms with van der Waals surface area (Å²) in [6.45, 7) is 9.75. The first-order chi connectivity index (χ1) is 9.12. The minimum absolute atomic E-state index is 0.0339. The molecule has 1 aliphatic heterocycles. The quantitative estimate of drug-likeness (QED) is 0.861. The van der Waals surface area contributed by atoms with Gasteiger partial charge in [0, 0.05) is 11.5 Å². The van der Waals surface area contributed by atoms with Crippen LogP contribution in [0.5, 0.6) is 0 Å². The van der Waals surface area contributed by atoms with Gasteiger partial charge in [-0.2, -0.15) is 0 Å². The second-order valence-electron chi connectivity index (χ2n) is 6.63. The van der Waals surface area contributed by atoms with Gasteiger partial charge >= 0.3 is 7.12 Å². The Morgan fingerprint density at radius 3 is 2.25 bits per heavy atom. The highest BCUT2D eigenvalue weighted by molar-refractivity contribution is 6.62. The molecular weight excluding hydrogens is 256 g/mol. The summed E-state index contributed by atoms with van der Waals surface area (Å²) in [5.74, 6) is -0.308. The van der Waals surface area contributed by atoms with Gasteiger partial charge in [0.25, 0.3) is 0 Å². The van der Waals surface area contributed by atoms with Crippen LogP contribution in [0.1, 0.15) is 40.2 Å². The highest BCUT2D eigenvalue weighted by Gasteiger charge is 2.52. The van der Waals surface area contributed by atoms with Crippen LogP contribution in [0.4, 0.5) is 4.39 Å². The molecule has 1 fully saturated rings. The number of halogens is 1. The maximum atomic E-state index is 14.1. The van der Waals surface area contributed by atoms with E-state index in [4.69, 9.17) is 15.0 Å². The second kappa shape index (κ2) is 5.13. The maximum absolute atomic E-state index is 14.1. The molecule has 0 amide bonds. The van der Waals surface area contributed by atoms with Gasteiger partial charge in [0.2, 0.25) is 0 Å². The molecule has 0 bridgehead atoms. The van der Waals surface area contributed by atoms with Crippen molar-refractivity contribution in [2.75, 3.05) is 0 Å². The standard InChI is InChI=1S/C15H23BFNO2/c1-10(18)8-11-6-7-13(17)12(9-11)16-19-14(2,3)15(4,5)20-16/h6-7,9-10H,8,18H2,1-5H3. The fourth-order valence-electron chi connectivity index (χ4n) is 2.24. The molecular formula is C15H23BFNO2. The Morgan fingerprint density at radius 2 is 1.75 bits per heavy atom. The van der Waals surface area contributed by atoms with E-state index >= 15 is 0 Å². The molecule has 3 nitrogen and oxygen atoms in total. The third-order valence-electron chi connectivity index (χ3n) is 4.13. The molecule has 0 saturated carbocycles. The van der Waals surface area contributed by atoms with Crippen molar-refractivity contribution >= 4 is 12.6 Å². The lowest BCUT2D eigenvalue weighted by Gasteiger charge is -2.32. The van der Waals surface area contributed by atoms with Crippen LogP contribution >= 0.6 is 0 Å². The number of hydrogen-bond donors (Lipinski definition) is 1. The molecule has 0 radical (unpaired) electrons. The molecule has 110 valence electrons. The molecule has 0 spiro atoms. The van der Waals surface area contributed by atoms with Gasteiger partial charge in [-0.25, -0.2) is 4.39 Å². The van der Waals surface area contributed by atoms with Crippen molar-refractivity contribution in [3.63, 3.8) is 0 Å². The summed E-state index contributed by atoms with van der Waals surface area (Å²) in [4.78, 5) is 0. The highest BCUT2D eigenvalue weighted by Crippen LogP contribution is 2.36. The largest absolute Gasteiger partial charge is 0.497 e. The predicted octanol–water partition coefficient (Wildman–Crippen LogP) is 2.01. The highest BCUT2D eigenvalue weighted by atomic mass is 19.1. The van der Waals surface area contributed by atoms with Crippen LogP contribution in [0.2, 0.25) is 0 Å². The summed E-state index contributed by atoms with van der Waals surface area (Å²) in [6.07, 6.45) is 0.701. The molecule has 1 heterocycles. The second-order valence-corrected chi connectivity index (χ2v) is 6.63. The van der Waals surface area contributed by atoms with Crippen molar-refractivity contribution in [1.29, 1.82) is 0 Å². The van der Waals surface area contributed by atoms with Crippen molar-refractivity contribution in [3.05, 3.63) is 29.6 Å². The lowest BCUT2D eigenvalue weighted by atomic mass is 9.77. The zero-order valence-corrected chi connectivity index (χ0v) is 12.9. The van der Waals surface area contributed by atoms with E-state index in [2.05, 4.69) is 0 Å². The number of nitrogens with two attached hydrogens (primary N) is 1. The molecule has 1 aliphatic rings. The van der Waals surface area contributed by atoms with E-state index in [-0.39, 0.29) is 11.9 Å². The van der Waals surface area contributed by atoms with Gasteiger partial charge in [-0.3, -0.25) is 0 Å². The first kappa shape index (κ1) is 15.5. The first-order valence-electron chi connectivity index (χ1n) is 7.02. The van der Waals surface area contributed by atoms with Gasteiger partial charge in [-0.15, -0.1) is 0 Å². The Labute approximate surface area is 120 Å². The zero-order chi connectivity index (χ0) is 15.1. The molecule has 20 heavy (non-hydrogen) atoms. The van der Waals surface area contributed by atoms with Crippen LogP contribution in [-0.4, -0.2) is 24.4 Å². The summed E-state index contributed by atoms with van der Waals surface area (Å²) in [7, 11) is -0.673. The Hall–Kier alpha value is -0.905. The van der Waals surface area contributed by atoms with Gasteiger partial charge in [-0.1, -0.05) is 12.1 Å². The number of hydrogen-bond acceptors (Lipinski definition) is 3. The van der Waals surface area contributed by atoms with Gasteiger partial charge in [0.1, 0.15) is 5.82 Å². The van der Waals surface area contributed by atoms with Crippen LogP contribution in [0, 0.1) is 5.82 Å². The average Bonchev–Trinajstić information content (AvgIpc) is 2.50. The lowest BCUT2D eigenvalue weighted by Crippen LogP contribution is -2.41. The van der Waals surface area contributed by atoms with Crippen molar-refractivity contribution in [2.45, 2.75) is 58.3 Å². The predicted molar refractivity (Wildman–Crippen MR) is 79.5 cm³/mol. The molecule has 2 N–H and O–H groups in total. The van der Waals surface area contributed by atoms with Crippen LogP contribution < -0.4 is 11.2 Å². The molecule has 0 aromatic heterocycles. The smallest absolute Gasteiger partial charge is 0.399 e. The summed E-state index contributed by atoms with van der Waals surface area (Å²) < 4.78 is 25.9. The van der Waals surface area contributed by atoms with Crippen LogP contribution in [0.15, 0.2) is 18.2 Å². The maximum Gasteiger partial charge on any atom is 0.497 e. The molecule has 1 aromatic carbocycles. The molecule has 2 rings (SSSR count). The molecule has 1 saturated heterocycles. The van der Waals surface area contributed by atoms with E-state index in [1.807, 2.05) is 34.6 Å². The Morgan fingerprint density at radius 1 is 1.20 bits per heavy atom. The average molecular weight is 279 g/mol. The Balaban J connectivity index is 2.30. The lowest BCUT2D eigenvalue weighted by molar-refractivity contribution is 0.00578. The minimum atomic E-state index is -0.673. The first-order valence-corrected chi connectivity index (χ1v) is 7.02. The summed E-state index contributed by atoms with van der Waals surface area (Å²) in [5, 5.41) is 0. The van der Waals surface area contributed by atoms with Crippen LogP contribution in [0.25, 0.3) is 0 Å². The van der Waals surface area contributed by atoms with Crippen LogP contribution in [-0.2, 0) is 15.7 Å². The van der Waals surface area contributed by atoms with E-state index in [9.17, 15) is 4.39 Å². The topological polar surface area (TPSA) is 44.5 Å². The Kier molecular flexibility index (Phi) is 3.97. The van der Waals surface area contributed by atoms with Crippen molar-refractivity contribution in [2.24, 2.45) is 5.73 Å². The van der Waals surface area contributed by atoms with Gasteiger partial charge in [0.15, 0.2) is 0 Å². The third kappa shape index (κ3) is 2.90. The Bertz CT molecular complexity index is 487. The summed E-state index contributed by atoms with van der Waals surface area (Å²) in [5.41, 5.74) is 6.29. The van der Waals surface area contributed by atoms with Gasteiger partial charge in [-0.05, 0) is 52.7 Å². The fraction of sp³-hybridized carbons (Fsp3) is 0.600. The molecule has 5 heteroatoms. The minimum Gasteiger partial charge on any atom is -0.399 e. The van der Waals surface area contributed by atoms with Crippen molar-refractivity contribution in [1.82, 2.24) is 0 Å². The van der Waals surface area contributed by atoms with E-state index in [0.29, 0.717) is 11.9 Å². The van der Waals surface area contributed by atoms with Gasteiger partial charge < -0.3 is 15.0 Å². The van der Waals surface area contributed by atoms with E-state index < -0.39 is 18.3 Å². The van der Waals surface area contributed by atoms with E-state index in [1.165, 1.54) is 6.07 Å². The SMILES string of the molecule is CC(N)Cc1ccc(F)c(B2OC(C)(C)C(C)(C)O2)c1. The number of rotatable bonds is 3. The van der Waals surface area contributed by atoms with E-state index in [0.717, 1.165) is 5.56 Å². The monoisotopic (exact) mass is 279 g/mol. The van der Waals surface area contributed by atoms with E-state index in [1.54, 1.807) is 12.1 Å². The normalized spacial score (nSPS) is 22.1. The molecule has 1 aromatic rings. The van der Waals surface area contributed by atoms with Gasteiger partial charge in [0.05, 0.1) is 11.2 Å². The van der Waals surface area contributed by atoms with Crippen LogP contribution in [0.3, 0.4) is 0 Å². The summed E-state index contributed by atoms with van der Waals surface area (Å²) in [6, 6.07) is 5.04. The molecule has 0 aliphatic carbocycles. The zero-order valence-electron chi connectivity index (χ0n) is 12.9.